The minimum Gasteiger partial charge on any atom is -0.376 e. The summed E-state index contributed by atoms with van der Waals surface area (Å²) in [5, 5.41) is 7.25. The molecule has 1 aliphatic rings. The molecule has 0 saturated heterocycles. The molecule has 4 rings (SSSR count). The summed E-state index contributed by atoms with van der Waals surface area (Å²) in [4.78, 5) is 18.0. The van der Waals surface area contributed by atoms with Crippen LogP contribution in [0.15, 0.2) is 39.8 Å². The number of hydrogen-bond acceptors (Lipinski definition) is 8. The zero-order valence-electron chi connectivity index (χ0n) is 15.7. The van der Waals surface area contributed by atoms with Crippen molar-refractivity contribution in [2.75, 3.05) is 17.7 Å². The fourth-order valence-corrected chi connectivity index (χ4v) is 5.56. The highest BCUT2D eigenvalue weighted by Crippen LogP contribution is 2.42. The van der Waals surface area contributed by atoms with Crippen molar-refractivity contribution in [3.05, 3.63) is 46.6 Å². The molecule has 0 spiro atoms. The number of thiophene rings is 1. The Morgan fingerprint density at radius 2 is 2.07 bits per heavy atom. The van der Waals surface area contributed by atoms with Crippen LogP contribution in [0, 0.1) is 6.92 Å². The Morgan fingerprint density at radius 1 is 1.28 bits per heavy atom. The predicted molar refractivity (Wildman–Crippen MR) is 107 cm³/mol. The van der Waals surface area contributed by atoms with E-state index in [0.29, 0.717) is 41.9 Å². The first-order valence-electron chi connectivity index (χ1n) is 9.04. The van der Waals surface area contributed by atoms with Crippen LogP contribution in [-0.4, -0.2) is 36.8 Å². The zero-order chi connectivity index (χ0) is 20.4. The standard InChI is InChI=1S/C19H19N3O5S2/c1-12-20-18(27-22-12)17-14-7-9-26-11-15(14)28-19(17)21-16(23)8-10-29(24,25)13-5-3-2-4-6-13/h2-6H,7-11H2,1H3,(H,21,23). The molecule has 8 nitrogen and oxygen atoms in total. The molecule has 1 aromatic carbocycles. The van der Waals surface area contributed by atoms with Gasteiger partial charge in [-0.3, -0.25) is 4.79 Å². The van der Waals surface area contributed by atoms with Crippen LogP contribution in [0.25, 0.3) is 11.5 Å². The first-order chi connectivity index (χ1) is 13.9. The molecule has 0 bridgehead atoms. The van der Waals surface area contributed by atoms with Crippen molar-refractivity contribution >= 4 is 32.1 Å². The van der Waals surface area contributed by atoms with E-state index in [1.165, 1.54) is 23.5 Å². The van der Waals surface area contributed by atoms with Crippen LogP contribution >= 0.6 is 11.3 Å². The number of carbonyl (C=O) groups is 1. The first-order valence-corrected chi connectivity index (χ1v) is 11.5. The number of sulfone groups is 1. The molecule has 0 saturated carbocycles. The van der Waals surface area contributed by atoms with Crippen molar-refractivity contribution in [3.63, 3.8) is 0 Å². The molecule has 10 heteroatoms. The van der Waals surface area contributed by atoms with Gasteiger partial charge in [-0.2, -0.15) is 4.98 Å². The van der Waals surface area contributed by atoms with Crippen molar-refractivity contribution in [3.8, 4) is 11.5 Å². The molecule has 2 aromatic heterocycles. The van der Waals surface area contributed by atoms with Crippen molar-refractivity contribution < 1.29 is 22.5 Å². The van der Waals surface area contributed by atoms with E-state index in [1.807, 2.05) is 0 Å². The number of hydrogen-bond donors (Lipinski definition) is 1. The molecule has 0 atom stereocenters. The van der Waals surface area contributed by atoms with Gasteiger partial charge < -0.3 is 14.6 Å². The summed E-state index contributed by atoms with van der Waals surface area (Å²) in [6, 6.07) is 8.11. The van der Waals surface area contributed by atoms with Gasteiger partial charge in [0.25, 0.3) is 5.89 Å². The van der Waals surface area contributed by atoms with Crippen molar-refractivity contribution in [2.45, 2.75) is 31.3 Å². The van der Waals surface area contributed by atoms with Gasteiger partial charge in [-0.1, -0.05) is 23.4 Å². The molecule has 152 valence electrons. The zero-order valence-corrected chi connectivity index (χ0v) is 17.3. The number of nitrogens with one attached hydrogen (secondary N) is 1. The molecule has 1 N–H and O–H groups in total. The van der Waals surface area contributed by atoms with Crippen LogP contribution < -0.4 is 5.32 Å². The Balaban J connectivity index is 1.53. The quantitative estimate of drug-likeness (QED) is 0.636. The van der Waals surface area contributed by atoms with E-state index in [4.69, 9.17) is 9.26 Å². The van der Waals surface area contributed by atoms with Crippen LogP contribution in [0.4, 0.5) is 5.00 Å². The lowest BCUT2D eigenvalue weighted by Crippen LogP contribution is -2.17. The van der Waals surface area contributed by atoms with Crippen LogP contribution in [0.1, 0.15) is 22.7 Å². The predicted octanol–water partition coefficient (Wildman–Crippen LogP) is 2.98. The maximum absolute atomic E-state index is 12.5. The highest BCUT2D eigenvalue weighted by molar-refractivity contribution is 7.91. The van der Waals surface area contributed by atoms with Crippen LogP contribution in [0.2, 0.25) is 0 Å². The summed E-state index contributed by atoms with van der Waals surface area (Å²) in [5.74, 6) is 0.181. The molecular weight excluding hydrogens is 414 g/mol. The lowest BCUT2D eigenvalue weighted by atomic mass is 10.1. The summed E-state index contributed by atoms with van der Waals surface area (Å²) < 4.78 is 35.7. The van der Waals surface area contributed by atoms with Crippen LogP contribution in [-0.2, 0) is 32.4 Å². The van der Waals surface area contributed by atoms with Crippen molar-refractivity contribution in [2.24, 2.45) is 0 Å². The van der Waals surface area contributed by atoms with Crippen molar-refractivity contribution in [1.29, 1.82) is 0 Å². The number of anilines is 1. The maximum Gasteiger partial charge on any atom is 0.261 e. The number of nitrogens with zero attached hydrogens (tertiary/aromatic N) is 2. The minimum atomic E-state index is -3.53. The Bertz CT molecular complexity index is 1140. The SMILES string of the molecule is Cc1noc(-c2c(NC(=O)CCS(=O)(=O)c3ccccc3)sc3c2CCOC3)n1. The van der Waals surface area contributed by atoms with Crippen molar-refractivity contribution in [1.82, 2.24) is 10.1 Å². The number of amides is 1. The normalized spacial score (nSPS) is 13.8. The van der Waals surface area contributed by atoms with Gasteiger partial charge in [-0.05, 0) is 31.0 Å². The summed E-state index contributed by atoms with van der Waals surface area (Å²) in [7, 11) is -3.53. The first kappa shape index (κ1) is 19.7. The Hall–Kier alpha value is -2.56. The van der Waals surface area contributed by atoms with E-state index in [9.17, 15) is 13.2 Å². The summed E-state index contributed by atoms with van der Waals surface area (Å²) in [6.45, 7) is 2.76. The van der Waals surface area contributed by atoms with E-state index in [0.717, 1.165) is 10.4 Å². The second-order valence-corrected chi connectivity index (χ2v) is 9.80. The number of fused-ring (bicyclic) bond motifs is 1. The second-order valence-electron chi connectivity index (χ2n) is 6.59. The lowest BCUT2D eigenvalue weighted by molar-refractivity contribution is -0.115. The minimum absolute atomic E-state index is 0.154. The number of aromatic nitrogens is 2. The molecule has 0 radical (unpaired) electrons. The fourth-order valence-electron chi connectivity index (χ4n) is 3.11. The van der Waals surface area contributed by atoms with Gasteiger partial charge in [0.15, 0.2) is 15.7 Å². The van der Waals surface area contributed by atoms with Gasteiger partial charge in [0.05, 0.1) is 29.4 Å². The number of aryl methyl sites for hydroxylation is 1. The summed E-state index contributed by atoms with van der Waals surface area (Å²) in [5.41, 5.74) is 1.73. The average Bonchev–Trinajstić information content (AvgIpc) is 3.30. The van der Waals surface area contributed by atoms with Gasteiger partial charge in [-0.25, -0.2) is 8.42 Å². The Kier molecular flexibility index (Phi) is 5.48. The van der Waals surface area contributed by atoms with E-state index in [-0.39, 0.29) is 23.0 Å². The Morgan fingerprint density at radius 3 is 2.79 bits per heavy atom. The molecule has 3 aromatic rings. The third-order valence-electron chi connectivity index (χ3n) is 4.51. The van der Waals surface area contributed by atoms with Crippen LogP contribution in [0.5, 0.6) is 0 Å². The highest BCUT2D eigenvalue weighted by Gasteiger charge is 2.27. The molecule has 29 heavy (non-hydrogen) atoms. The van der Waals surface area contributed by atoms with E-state index >= 15 is 0 Å². The third-order valence-corrected chi connectivity index (χ3v) is 7.37. The number of rotatable bonds is 6. The molecule has 1 aliphatic heterocycles. The van der Waals surface area contributed by atoms with Gasteiger partial charge in [0.2, 0.25) is 5.91 Å². The van der Waals surface area contributed by atoms with E-state index in [1.54, 1.807) is 25.1 Å². The van der Waals surface area contributed by atoms with Gasteiger partial charge in [0.1, 0.15) is 5.00 Å². The topological polar surface area (TPSA) is 111 Å². The number of ether oxygens (including phenoxy) is 1. The molecular formula is C19H19N3O5S2. The smallest absolute Gasteiger partial charge is 0.261 e. The third kappa shape index (κ3) is 4.24. The average molecular weight is 434 g/mol. The molecule has 0 fully saturated rings. The molecule has 1 amide bonds. The second kappa shape index (κ2) is 8.05. The fraction of sp³-hybridized carbons (Fsp3) is 0.316. The number of benzene rings is 1. The maximum atomic E-state index is 12.5. The highest BCUT2D eigenvalue weighted by atomic mass is 32.2. The monoisotopic (exact) mass is 433 g/mol. The summed E-state index contributed by atoms with van der Waals surface area (Å²) >= 11 is 1.39. The van der Waals surface area contributed by atoms with E-state index in [2.05, 4.69) is 15.5 Å². The Labute approximate surface area is 171 Å². The van der Waals surface area contributed by atoms with Gasteiger partial charge in [-0.15, -0.1) is 11.3 Å². The molecule has 0 aliphatic carbocycles. The van der Waals surface area contributed by atoms with Gasteiger partial charge in [0, 0.05) is 11.3 Å². The largest absolute Gasteiger partial charge is 0.376 e. The van der Waals surface area contributed by atoms with Gasteiger partial charge >= 0.3 is 0 Å². The molecule has 3 heterocycles. The lowest BCUT2D eigenvalue weighted by Gasteiger charge is -2.12. The summed E-state index contributed by atoms with van der Waals surface area (Å²) in [6.07, 6.45) is 0.527. The number of carbonyl (C=O) groups excluding carboxylic acids is 1. The van der Waals surface area contributed by atoms with E-state index < -0.39 is 9.84 Å². The van der Waals surface area contributed by atoms with Crippen LogP contribution in [0.3, 0.4) is 0 Å². The molecule has 0 unspecified atom stereocenters.